The maximum absolute atomic E-state index is 13.3. The first-order valence-electron chi connectivity index (χ1n) is 10.8. The first-order chi connectivity index (χ1) is 16.5. The van der Waals surface area contributed by atoms with Gasteiger partial charge in [-0.25, -0.2) is 4.79 Å². The Hall–Kier alpha value is -3.98. The summed E-state index contributed by atoms with van der Waals surface area (Å²) in [5.41, 5.74) is 1.47. The van der Waals surface area contributed by atoms with Crippen LogP contribution in [0.25, 0.3) is 21.6 Å². The van der Waals surface area contributed by atoms with Gasteiger partial charge in [-0.05, 0) is 55.1 Å². The molecule has 0 aliphatic carbocycles. The van der Waals surface area contributed by atoms with Gasteiger partial charge in [-0.15, -0.1) is 11.3 Å². The third kappa shape index (κ3) is 4.29. The lowest BCUT2D eigenvalue weighted by Gasteiger charge is -2.10. The Labute approximate surface area is 198 Å². The van der Waals surface area contributed by atoms with Gasteiger partial charge in [-0.3, -0.25) is 13.9 Å². The van der Waals surface area contributed by atoms with E-state index in [0.717, 1.165) is 16.9 Å². The smallest absolute Gasteiger partial charge is 0.332 e. The van der Waals surface area contributed by atoms with E-state index in [0.29, 0.717) is 16.0 Å². The molecule has 34 heavy (non-hydrogen) atoms. The van der Waals surface area contributed by atoms with Gasteiger partial charge in [0.25, 0.3) is 5.56 Å². The van der Waals surface area contributed by atoms with Crippen LogP contribution in [0.1, 0.15) is 25.3 Å². The first kappa shape index (κ1) is 21.8. The molecule has 0 bridgehead atoms. The summed E-state index contributed by atoms with van der Waals surface area (Å²) in [6, 6.07) is 18.6. The zero-order chi connectivity index (χ0) is 23.7. The summed E-state index contributed by atoms with van der Waals surface area (Å²) in [5, 5.41) is 5.87. The number of benzene rings is 2. The van der Waals surface area contributed by atoms with Gasteiger partial charge < -0.3 is 9.26 Å². The minimum absolute atomic E-state index is 0.0582. The van der Waals surface area contributed by atoms with Crippen LogP contribution >= 0.6 is 11.3 Å². The Balaban J connectivity index is 1.48. The zero-order valence-corrected chi connectivity index (χ0v) is 19.5. The van der Waals surface area contributed by atoms with Gasteiger partial charge in [0.1, 0.15) is 17.0 Å². The van der Waals surface area contributed by atoms with Gasteiger partial charge in [0.05, 0.1) is 18.2 Å². The Morgan fingerprint density at radius 2 is 1.74 bits per heavy atom. The van der Waals surface area contributed by atoms with Crippen molar-refractivity contribution in [2.45, 2.75) is 33.0 Å². The van der Waals surface area contributed by atoms with E-state index in [2.05, 4.69) is 10.1 Å². The molecule has 3 heterocycles. The minimum Gasteiger partial charge on any atom is -0.491 e. The van der Waals surface area contributed by atoms with Gasteiger partial charge in [0.15, 0.2) is 0 Å². The van der Waals surface area contributed by atoms with Crippen LogP contribution in [0.5, 0.6) is 5.75 Å². The Bertz CT molecular complexity index is 1550. The molecular weight excluding hydrogens is 452 g/mol. The lowest BCUT2D eigenvalue weighted by Crippen LogP contribution is -2.40. The van der Waals surface area contributed by atoms with E-state index < -0.39 is 5.69 Å². The van der Waals surface area contributed by atoms with Crippen LogP contribution in [0, 0.1) is 0 Å². The van der Waals surface area contributed by atoms with Crippen molar-refractivity contribution in [3.8, 4) is 17.1 Å². The standard InChI is InChI=1S/C25H22N4O4S/c1-16(2)32-19-10-8-18(9-11-19)23-26-21(33-27-23)15-28-20-12-13-34-22(20)24(30)29(25(28)31)14-17-6-4-3-5-7-17/h3-13,16H,14-15H2,1-2H3. The van der Waals surface area contributed by atoms with E-state index >= 15 is 0 Å². The van der Waals surface area contributed by atoms with Crippen LogP contribution in [0.2, 0.25) is 0 Å². The molecule has 0 saturated heterocycles. The number of hydrogen-bond acceptors (Lipinski definition) is 7. The number of thiophene rings is 1. The lowest BCUT2D eigenvalue weighted by molar-refractivity contribution is 0.242. The fourth-order valence-electron chi connectivity index (χ4n) is 3.72. The SMILES string of the molecule is CC(C)Oc1ccc(-c2noc(Cn3c(=O)n(Cc4ccccc4)c(=O)c4sccc43)n2)cc1. The number of aromatic nitrogens is 4. The Morgan fingerprint density at radius 3 is 2.47 bits per heavy atom. The first-order valence-corrected chi connectivity index (χ1v) is 11.7. The summed E-state index contributed by atoms with van der Waals surface area (Å²) >= 11 is 1.31. The molecule has 0 atom stereocenters. The maximum atomic E-state index is 13.3. The van der Waals surface area contributed by atoms with Crippen LogP contribution < -0.4 is 16.0 Å². The Morgan fingerprint density at radius 1 is 0.971 bits per heavy atom. The molecule has 0 fully saturated rings. The van der Waals surface area contributed by atoms with E-state index in [4.69, 9.17) is 9.26 Å². The fourth-order valence-corrected chi connectivity index (χ4v) is 4.56. The molecule has 5 rings (SSSR count). The highest BCUT2D eigenvalue weighted by Gasteiger charge is 2.17. The predicted molar refractivity (Wildman–Crippen MR) is 130 cm³/mol. The summed E-state index contributed by atoms with van der Waals surface area (Å²) in [7, 11) is 0. The van der Waals surface area contributed by atoms with Gasteiger partial charge in [0, 0.05) is 5.56 Å². The van der Waals surface area contributed by atoms with Gasteiger partial charge in [-0.2, -0.15) is 4.98 Å². The molecule has 0 spiro atoms. The van der Waals surface area contributed by atoms with Crippen molar-refractivity contribution in [3.05, 3.63) is 98.3 Å². The number of hydrogen-bond donors (Lipinski definition) is 0. The quantitative estimate of drug-likeness (QED) is 0.352. The highest BCUT2D eigenvalue weighted by molar-refractivity contribution is 7.17. The van der Waals surface area contributed by atoms with E-state index in [1.54, 1.807) is 11.4 Å². The molecule has 0 aliphatic heterocycles. The second kappa shape index (κ2) is 9.11. The molecule has 2 aromatic carbocycles. The van der Waals surface area contributed by atoms with Crippen molar-refractivity contribution >= 4 is 21.6 Å². The van der Waals surface area contributed by atoms with Crippen LogP contribution in [0.15, 0.2) is 80.2 Å². The highest BCUT2D eigenvalue weighted by Crippen LogP contribution is 2.22. The van der Waals surface area contributed by atoms with Crippen LogP contribution in [0.3, 0.4) is 0 Å². The van der Waals surface area contributed by atoms with E-state index in [-0.39, 0.29) is 30.6 Å². The van der Waals surface area contributed by atoms with Crippen molar-refractivity contribution in [3.63, 3.8) is 0 Å². The lowest BCUT2D eigenvalue weighted by atomic mass is 10.2. The second-order valence-electron chi connectivity index (χ2n) is 8.08. The summed E-state index contributed by atoms with van der Waals surface area (Å²) in [5.74, 6) is 1.45. The summed E-state index contributed by atoms with van der Waals surface area (Å²) in [6.45, 7) is 4.18. The number of fused-ring (bicyclic) bond motifs is 1. The van der Waals surface area contributed by atoms with Gasteiger partial charge in [-0.1, -0.05) is 35.5 Å². The fraction of sp³-hybridized carbons (Fsp3) is 0.200. The summed E-state index contributed by atoms with van der Waals surface area (Å²) in [6.07, 6.45) is 0.0834. The third-order valence-electron chi connectivity index (χ3n) is 5.27. The van der Waals surface area contributed by atoms with Crippen LogP contribution in [0.4, 0.5) is 0 Å². The summed E-state index contributed by atoms with van der Waals surface area (Å²) in [4.78, 5) is 30.8. The van der Waals surface area contributed by atoms with E-state index in [1.165, 1.54) is 20.5 Å². The monoisotopic (exact) mass is 474 g/mol. The molecule has 172 valence electrons. The molecule has 0 unspecified atom stereocenters. The van der Waals surface area contributed by atoms with Gasteiger partial charge >= 0.3 is 5.69 Å². The molecule has 5 aromatic rings. The summed E-state index contributed by atoms with van der Waals surface area (Å²) < 4.78 is 14.4. The molecular formula is C25H22N4O4S. The molecule has 0 radical (unpaired) electrons. The number of ether oxygens (including phenoxy) is 1. The maximum Gasteiger partial charge on any atom is 0.332 e. The van der Waals surface area contributed by atoms with Crippen LogP contribution in [-0.4, -0.2) is 25.4 Å². The molecule has 3 aromatic heterocycles. The average molecular weight is 475 g/mol. The molecule has 0 aliphatic rings. The molecule has 8 nitrogen and oxygen atoms in total. The Kier molecular flexibility index (Phi) is 5.85. The second-order valence-corrected chi connectivity index (χ2v) is 9.00. The van der Waals surface area contributed by atoms with Crippen molar-refractivity contribution in [2.24, 2.45) is 0 Å². The minimum atomic E-state index is -0.422. The van der Waals surface area contributed by atoms with Crippen molar-refractivity contribution < 1.29 is 9.26 Å². The highest BCUT2D eigenvalue weighted by atomic mass is 32.1. The van der Waals surface area contributed by atoms with Gasteiger partial charge in [0.2, 0.25) is 11.7 Å². The number of nitrogens with zero attached hydrogens (tertiary/aromatic N) is 4. The van der Waals surface area contributed by atoms with Crippen molar-refractivity contribution in [1.82, 2.24) is 19.3 Å². The molecule has 9 heteroatoms. The van der Waals surface area contributed by atoms with Crippen molar-refractivity contribution in [2.75, 3.05) is 0 Å². The normalized spacial score (nSPS) is 11.4. The largest absolute Gasteiger partial charge is 0.491 e. The van der Waals surface area contributed by atoms with E-state index in [1.807, 2.05) is 68.4 Å². The van der Waals surface area contributed by atoms with Crippen LogP contribution in [-0.2, 0) is 13.1 Å². The van der Waals surface area contributed by atoms with Crippen molar-refractivity contribution in [1.29, 1.82) is 0 Å². The molecule has 0 N–H and O–H groups in total. The molecule has 0 amide bonds. The molecule has 0 saturated carbocycles. The average Bonchev–Trinajstić information content (AvgIpc) is 3.50. The number of rotatable bonds is 7. The van der Waals surface area contributed by atoms with E-state index in [9.17, 15) is 9.59 Å². The topological polar surface area (TPSA) is 92.2 Å². The predicted octanol–water partition coefficient (Wildman–Crippen LogP) is 4.16. The third-order valence-corrected chi connectivity index (χ3v) is 6.16. The zero-order valence-electron chi connectivity index (χ0n) is 18.7.